The lowest BCUT2D eigenvalue weighted by molar-refractivity contribution is -0.114. The third-order valence-corrected chi connectivity index (χ3v) is 7.61. The van der Waals surface area contributed by atoms with Gasteiger partial charge in [-0.05, 0) is 61.2 Å². The van der Waals surface area contributed by atoms with Crippen LogP contribution in [0.15, 0.2) is 89.2 Å². The largest absolute Gasteiger partial charge is 0.489 e. The highest BCUT2D eigenvalue weighted by Crippen LogP contribution is 2.38. The first-order valence-corrected chi connectivity index (χ1v) is 13.4. The van der Waals surface area contributed by atoms with Gasteiger partial charge in [-0.3, -0.25) is 4.79 Å². The second-order valence-electron chi connectivity index (χ2n) is 8.95. The number of allylic oxidation sites excluding steroid dienone is 2. The van der Waals surface area contributed by atoms with Gasteiger partial charge in [0.1, 0.15) is 18.4 Å². The van der Waals surface area contributed by atoms with Gasteiger partial charge >= 0.3 is 0 Å². The number of carbonyl (C=O) groups excluding carboxylic acids is 1. The van der Waals surface area contributed by atoms with Crippen molar-refractivity contribution in [2.45, 2.75) is 44.3 Å². The van der Waals surface area contributed by atoms with Crippen molar-refractivity contribution in [3.8, 4) is 5.75 Å². The van der Waals surface area contributed by atoms with Crippen LogP contribution in [0, 0.1) is 6.92 Å². The van der Waals surface area contributed by atoms with Gasteiger partial charge in [0.05, 0.1) is 0 Å². The standard InChI is InChI=1S/C29H27ClN4O2S/c1-18-9-4-5-10-22(18)16-36-24-13-8-12-21(15-24)27-26(20(3)35)19(2)31-28-32-29(33-34(27)28)37-17-23-11-6-7-14-25(23)30/h4-15,27H,16-17H2,1-3H3,(H,31,32,33). The molecular weight excluding hydrogens is 504 g/mol. The Hall–Kier alpha value is -3.55. The van der Waals surface area contributed by atoms with E-state index in [1.807, 2.05) is 67.6 Å². The molecule has 2 heterocycles. The second kappa shape index (κ2) is 10.8. The number of aromatic nitrogens is 3. The molecule has 1 unspecified atom stereocenters. The zero-order valence-electron chi connectivity index (χ0n) is 20.9. The number of halogens is 1. The number of nitrogens with one attached hydrogen (secondary N) is 1. The fraction of sp³-hybridized carbons (Fsp3) is 0.207. The molecule has 0 fully saturated rings. The maximum Gasteiger partial charge on any atom is 0.227 e. The molecule has 0 aliphatic carbocycles. The van der Waals surface area contributed by atoms with E-state index in [2.05, 4.69) is 24.4 Å². The molecule has 3 aromatic carbocycles. The van der Waals surface area contributed by atoms with Crippen LogP contribution in [-0.2, 0) is 17.2 Å². The number of rotatable bonds is 8. The van der Waals surface area contributed by atoms with E-state index in [1.165, 1.54) is 17.3 Å². The lowest BCUT2D eigenvalue weighted by Gasteiger charge is -2.28. The number of aryl methyl sites for hydroxylation is 1. The summed E-state index contributed by atoms with van der Waals surface area (Å²) in [7, 11) is 0. The highest BCUT2D eigenvalue weighted by atomic mass is 35.5. The summed E-state index contributed by atoms with van der Waals surface area (Å²) in [6, 6.07) is 23.3. The molecule has 8 heteroatoms. The summed E-state index contributed by atoms with van der Waals surface area (Å²) in [5.41, 5.74) is 5.66. The average molecular weight is 531 g/mol. The first-order valence-electron chi connectivity index (χ1n) is 12.0. The number of hydrogen-bond donors (Lipinski definition) is 1. The monoisotopic (exact) mass is 530 g/mol. The van der Waals surface area contributed by atoms with Gasteiger partial charge in [0, 0.05) is 22.0 Å². The van der Waals surface area contributed by atoms with Crippen LogP contribution < -0.4 is 10.1 Å². The van der Waals surface area contributed by atoms with Gasteiger partial charge in [-0.1, -0.05) is 78.0 Å². The minimum atomic E-state index is -0.419. The molecule has 1 aliphatic heterocycles. The zero-order valence-corrected chi connectivity index (χ0v) is 22.4. The number of benzene rings is 3. The van der Waals surface area contributed by atoms with Crippen molar-refractivity contribution < 1.29 is 9.53 Å². The van der Waals surface area contributed by atoms with Gasteiger partial charge in [0.15, 0.2) is 5.78 Å². The molecule has 0 saturated carbocycles. The fourth-order valence-electron chi connectivity index (χ4n) is 4.42. The Morgan fingerprint density at radius 1 is 1.05 bits per heavy atom. The van der Waals surface area contributed by atoms with E-state index in [1.54, 1.807) is 11.6 Å². The predicted molar refractivity (Wildman–Crippen MR) is 148 cm³/mol. The van der Waals surface area contributed by atoms with E-state index in [4.69, 9.17) is 26.4 Å². The van der Waals surface area contributed by atoms with Crippen LogP contribution in [0.2, 0.25) is 5.02 Å². The maximum absolute atomic E-state index is 12.8. The average Bonchev–Trinajstić information content (AvgIpc) is 3.29. The number of ketones is 1. The first kappa shape index (κ1) is 25.1. The van der Waals surface area contributed by atoms with Gasteiger partial charge in [-0.25, -0.2) is 4.68 Å². The summed E-state index contributed by atoms with van der Waals surface area (Å²) >= 11 is 7.83. The van der Waals surface area contributed by atoms with E-state index in [0.717, 1.165) is 28.1 Å². The molecule has 4 aromatic rings. The highest BCUT2D eigenvalue weighted by Gasteiger charge is 2.33. The van der Waals surface area contributed by atoms with Crippen LogP contribution in [0.25, 0.3) is 0 Å². The third kappa shape index (κ3) is 5.43. The van der Waals surface area contributed by atoms with Crippen LogP contribution in [0.1, 0.15) is 42.1 Å². The van der Waals surface area contributed by atoms with Gasteiger partial charge in [-0.2, -0.15) is 4.98 Å². The Morgan fingerprint density at radius 3 is 2.57 bits per heavy atom. The minimum Gasteiger partial charge on any atom is -0.489 e. The van der Waals surface area contributed by atoms with E-state index in [-0.39, 0.29) is 5.78 Å². The number of ether oxygens (including phenoxy) is 1. The predicted octanol–water partition coefficient (Wildman–Crippen LogP) is 6.99. The van der Waals surface area contributed by atoms with Crippen molar-refractivity contribution in [2.75, 3.05) is 5.32 Å². The van der Waals surface area contributed by atoms with E-state index >= 15 is 0 Å². The number of Topliss-reactive ketones (excluding diaryl/α,β-unsaturated/α-hetero) is 1. The molecule has 1 atom stereocenters. The van der Waals surface area contributed by atoms with Gasteiger partial charge in [0.25, 0.3) is 0 Å². The third-order valence-electron chi connectivity index (χ3n) is 6.36. The Bertz CT molecular complexity index is 1500. The second-order valence-corrected chi connectivity index (χ2v) is 10.3. The van der Waals surface area contributed by atoms with Crippen molar-refractivity contribution in [3.05, 3.63) is 111 Å². The molecule has 6 nitrogen and oxygen atoms in total. The van der Waals surface area contributed by atoms with Crippen molar-refractivity contribution >= 4 is 35.1 Å². The summed E-state index contributed by atoms with van der Waals surface area (Å²) < 4.78 is 7.93. The number of thioether (sulfide) groups is 1. The molecule has 0 radical (unpaired) electrons. The number of fused-ring (bicyclic) bond motifs is 1. The molecule has 1 aliphatic rings. The summed E-state index contributed by atoms with van der Waals surface area (Å²) in [6.07, 6.45) is 0. The number of carbonyl (C=O) groups is 1. The van der Waals surface area contributed by atoms with Gasteiger partial charge < -0.3 is 10.1 Å². The van der Waals surface area contributed by atoms with Crippen molar-refractivity contribution in [1.82, 2.24) is 14.8 Å². The van der Waals surface area contributed by atoms with Crippen molar-refractivity contribution in [2.24, 2.45) is 0 Å². The summed E-state index contributed by atoms with van der Waals surface area (Å²) in [5, 5.41) is 9.38. The SMILES string of the molecule is CC(=O)C1=C(C)Nc2nc(SCc3ccccc3Cl)nn2C1c1cccc(OCc2ccccc2C)c1. The molecule has 1 aromatic heterocycles. The lowest BCUT2D eigenvalue weighted by Crippen LogP contribution is -2.27. The molecule has 188 valence electrons. The molecule has 0 saturated heterocycles. The molecule has 37 heavy (non-hydrogen) atoms. The van der Waals surface area contributed by atoms with Crippen LogP contribution in [0.3, 0.4) is 0 Å². The zero-order chi connectivity index (χ0) is 25.9. The lowest BCUT2D eigenvalue weighted by atomic mass is 9.93. The summed E-state index contributed by atoms with van der Waals surface area (Å²) in [5.74, 6) is 1.95. The normalized spacial score (nSPS) is 14.8. The molecule has 1 N–H and O–H groups in total. The number of anilines is 1. The Labute approximate surface area is 225 Å². The summed E-state index contributed by atoms with van der Waals surface area (Å²) in [6.45, 7) is 6.02. The highest BCUT2D eigenvalue weighted by molar-refractivity contribution is 7.98. The summed E-state index contributed by atoms with van der Waals surface area (Å²) in [4.78, 5) is 17.5. The smallest absolute Gasteiger partial charge is 0.227 e. The Kier molecular flexibility index (Phi) is 7.35. The van der Waals surface area contributed by atoms with Crippen LogP contribution in [-0.4, -0.2) is 20.5 Å². The van der Waals surface area contributed by atoms with Crippen LogP contribution in [0.5, 0.6) is 5.75 Å². The molecular formula is C29H27ClN4O2S. The topological polar surface area (TPSA) is 69.0 Å². The first-order chi connectivity index (χ1) is 17.9. The van der Waals surface area contributed by atoms with Gasteiger partial charge in [0.2, 0.25) is 11.1 Å². The molecule has 0 bridgehead atoms. The molecule has 0 amide bonds. The molecule has 0 spiro atoms. The quantitative estimate of drug-likeness (QED) is 0.248. The van der Waals surface area contributed by atoms with Crippen LogP contribution in [0.4, 0.5) is 5.95 Å². The Balaban J connectivity index is 1.44. The van der Waals surface area contributed by atoms with Crippen LogP contribution >= 0.6 is 23.4 Å². The molecule has 5 rings (SSSR count). The van der Waals surface area contributed by atoms with Gasteiger partial charge in [-0.15, -0.1) is 5.10 Å². The number of nitrogens with zero attached hydrogens (tertiary/aromatic N) is 3. The van der Waals surface area contributed by atoms with E-state index < -0.39 is 6.04 Å². The Morgan fingerprint density at radius 2 is 1.81 bits per heavy atom. The van der Waals surface area contributed by atoms with Crippen molar-refractivity contribution in [1.29, 1.82) is 0 Å². The van der Waals surface area contributed by atoms with E-state index in [0.29, 0.717) is 34.1 Å². The minimum absolute atomic E-state index is 0.0207. The van der Waals surface area contributed by atoms with E-state index in [9.17, 15) is 4.79 Å². The fourth-order valence-corrected chi connectivity index (χ4v) is 5.54. The van der Waals surface area contributed by atoms with Crippen molar-refractivity contribution in [3.63, 3.8) is 0 Å². The maximum atomic E-state index is 12.8. The number of hydrogen-bond acceptors (Lipinski definition) is 6.